The molecule has 1 amide bonds. The van der Waals surface area contributed by atoms with Gasteiger partial charge in [-0.3, -0.25) is 4.79 Å². The number of nitrogens with zero attached hydrogens (tertiary/aromatic N) is 1. The van der Waals surface area contributed by atoms with Gasteiger partial charge in [0.1, 0.15) is 6.61 Å². The van der Waals surface area contributed by atoms with Gasteiger partial charge in [0.2, 0.25) is 15.9 Å². The lowest BCUT2D eigenvalue weighted by Crippen LogP contribution is -2.38. The first-order valence-corrected chi connectivity index (χ1v) is 9.08. The highest BCUT2D eigenvalue weighted by Gasteiger charge is 2.26. The molecule has 0 bridgehead atoms. The summed E-state index contributed by atoms with van der Waals surface area (Å²) in [5, 5.41) is 8.93. The molecule has 23 heavy (non-hydrogen) atoms. The summed E-state index contributed by atoms with van der Waals surface area (Å²) in [5.74, 6) is -0.310. The molecule has 2 aliphatic heterocycles. The number of carbonyl (C=O) groups is 1. The molecule has 1 fully saturated rings. The molecule has 0 spiro atoms. The minimum atomic E-state index is -3.56. The number of aliphatic hydroxyl groups is 1. The predicted molar refractivity (Wildman–Crippen MR) is 82.2 cm³/mol. The Labute approximate surface area is 135 Å². The first-order chi connectivity index (χ1) is 11.0. The van der Waals surface area contributed by atoms with Crippen LogP contribution in [-0.2, 0) is 32.5 Å². The van der Waals surface area contributed by atoms with Crippen LogP contribution in [0.5, 0.6) is 0 Å². The van der Waals surface area contributed by atoms with Crippen molar-refractivity contribution in [3.8, 4) is 0 Å². The van der Waals surface area contributed by atoms with Crippen molar-refractivity contribution in [2.24, 2.45) is 0 Å². The maximum Gasteiger partial charge on any atom is 0.248 e. The summed E-state index contributed by atoms with van der Waals surface area (Å²) in [6.07, 6.45) is 1.26. The van der Waals surface area contributed by atoms with E-state index in [9.17, 15) is 13.2 Å². The van der Waals surface area contributed by atoms with E-state index in [2.05, 4.69) is 4.72 Å². The highest BCUT2D eigenvalue weighted by Crippen LogP contribution is 2.23. The molecular weight excluding hydrogens is 320 g/mol. The monoisotopic (exact) mass is 340 g/mol. The lowest BCUT2D eigenvalue weighted by Gasteiger charge is -2.28. The molecule has 126 valence electrons. The molecule has 3 rings (SSSR count). The summed E-state index contributed by atoms with van der Waals surface area (Å²) in [4.78, 5) is 13.4. The maximum absolute atomic E-state index is 12.4. The summed E-state index contributed by atoms with van der Waals surface area (Å²) in [6, 6.07) is 4.80. The number of ether oxygens (including phenoxy) is 1. The molecule has 8 heteroatoms. The minimum absolute atomic E-state index is 0.173. The fourth-order valence-electron chi connectivity index (χ4n) is 2.92. The Hall–Kier alpha value is -1.48. The Bertz CT molecular complexity index is 698. The zero-order valence-electron chi connectivity index (χ0n) is 12.7. The second-order valence-electron chi connectivity index (χ2n) is 5.84. The fourth-order valence-corrected chi connectivity index (χ4v) is 4.23. The SMILES string of the molecule is O=C(CO)N1CCc2cc(S(=O)(=O)NC3CCOC3)ccc2C1. The van der Waals surface area contributed by atoms with Gasteiger partial charge >= 0.3 is 0 Å². The molecular formula is C15H20N2O5S. The molecule has 0 saturated carbocycles. The van der Waals surface area contributed by atoms with Gasteiger partial charge in [-0.2, -0.15) is 0 Å². The van der Waals surface area contributed by atoms with E-state index in [-0.39, 0.29) is 16.8 Å². The van der Waals surface area contributed by atoms with Gasteiger partial charge in [0.15, 0.2) is 0 Å². The Balaban J connectivity index is 1.77. The van der Waals surface area contributed by atoms with Crippen molar-refractivity contribution in [2.75, 3.05) is 26.4 Å². The standard InChI is InChI=1S/C15H20N2O5S/c18-9-15(19)17-5-3-11-7-14(2-1-12(11)8-17)23(20,21)16-13-4-6-22-10-13/h1-2,7,13,16,18H,3-6,8-10H2. The normalized spacial score (nSPS) is 21.3. The van der Waals surface area contributed by atoms with E-state index in [1.165, 1.54) is 0 Å². The second-order valence-corrected chi connectivity index (χ2v) is 7.55. The molecule has 2 heterocycles. The molecule has 2 N–H and O–H groups in total. The van der Waals surface area contributed by atoms with Gasteiger partial charge in [-0.15, -0.1) is 0 Å². The maximum atomic E-state index is 12.4. The lowest BCUT2D eigenvalue weighted by molar-refractivity contribution is -0.135. The highest BCUT2D eigenvalue weighted by atomic mass is 32.2. The van der Waals surface area contributed by atoms with E-state index in [1.54, 1.807) is 23.1 Å². The molecule has 0 aromatic heterocycles. The summed E-state index contributed by atoms with van der Waals surface area (Å²) in [6.45, 7) is 1.36. The van der Waals surface area contributed by atoms with Crippen LogP contribution in [0.3, 0.4) is 0 Å². The average Bonchev–Trinajstić information content (AvgIpc) is 3.05. The van der Waals surface area contributed by atoms with Crippen LogP contribution in [-0.4, -0.2) is 56.7 Å². The third kappa shape index (κ3) is 3.55. The Morgan fingerprint density at radius 3 is 2.91 bits per heavy atom. The summed E-state index contributed by atoms with van der Waals surface area (Å²) in [7, 11) is -3.56. The average molecular weight is 340 g/mol. The van der Waals surface area contributed by atoms with Crippen molar-refractivity contribution < 1.29 is 23.1 Å². The van der Waals surface area contributed by atoms with Crippen LogP contribution in [0.15, 0.2) is 23.1 Å². The van der Waals surface area contributed by atoms with E-state index < -0.39 is 16.6 Å². The Kier molecular flexibility index (Phi) is 4.67. The van der Waals surface area contributed by atoms with Crippen LogP contribution in [0, 0.1) is 0 Å². The molecule has 0 radical (unpaired) electrons. The largest absolute Gasteiger partial charge is 0.387 e. The van der Waals surface area contributed by atoms with Crippen molar-refractivity contribution in [1.29, 1.82) is 0 Å². The third-order valence-corrected chi connectivity index (χ3v) is 5.76. The Morgan fingerprint density at radius 2 is 2.22 bits per heavy atom. The van der Waals surface area contributed by atoms with Crippen LogP contribution in [0.25, 0.3) is 0 Å². The van der Waals surface area contributed by atoms with E-state index in [1.807, 2.05) is 0 Å². The van der Waals surface area contributed by atoms with Gasteiger partial charge in [0, 0.05) is 25.7 Å². The molecule has 2 aliphatic rings. The summed E-state index contributed by atoms with van der Waals surface area (Å²) in [5.41, 5.74) is 1.85. The third-order valence-electron chi connectivity index (χ3n) is 4.24. The van der Waals surface area contributed by atoms with Gasteiger partial charge in [-0.1, -0.05) is 6.07 Å². The Morgan fingerprint density at radius 1 is 1.39 bits per heavy atom. The number of nitrogens with one attached hydrogen (secondary N) is 1. The van der Waals surface area contributed by atoms with E-state index in [0.29, 0.717) is 39.1 Å². The van der Waals surface area contributed by atoms with Crippen molar-refractivity contribution in [3.63, 3.8) is 0 Å². The number of hydrogen-bond acceptors (Lipinski definition) is 5. The molecule has 1 aromatic rings. The molecule has 1 unspecified atom stereocenters. The van der Waals surface area contributed by atoms with Crippen LogP contribution in [0.2, 0.25) is 0 Å². The zero-order chi connectivity index (χ0) is 16.4. The van der Waals surface area contributed by atoms with Crippen molar-refractivity contribution in [2.45, 2.75) is 30.3 Å². The van der Waals surface area contributed by atoms with Gasteiger partial charge in [0.25, 0.3) is 0 Å². The van der Waals surface area contributed by atoms with Crippen molar-refractivity contribution in [3.05, 3.63) is 29.3 Å². The van der Waals surface area contributed by atoms with Crippen LogP contribution in [0.1, 0.15) is 17.5 Å². The number of amides is 1. The minimum Gasteiger partial charge on any atom is -0.387 e. The number of rotatable bonds is 4. The lowest BCUT2D eigenvalue weighted by atomic mass is 10.00. The van der Waals surface area contributed by atoms with E-state index in [4.69, 9.17) is 9.84 Å². The smallest absolute Gasteiger partial charge is 0.248 e. The number of carbonyl (C=O) groups excluding carboxylic acids is 1. The van der Waals surface area contributed by atoms with Crippen LogP contribution < -0.4 is 4.72 Å². The first kappa shape index (κ1) is 16.4. The van der Waals surface area contributed by atoms with Crippen molar-refractivity contribution >= 4 is 15.9 Å². The molecule has 1 aromatic carbocycles. The molecule has 0 aliphatic carbocycles. The van der Waals surface area contributed by atoms with Gasteiger partial charge in [-0.05, 0) is 36.1 Å². The van der Waals surface area contributed by atoms with Crippen LogP contribution in [0.4, 0.5) is 0 Å². The predicted octanol–water partition coefficient (Wildman–Crippen LogP) is -0.369. The number of sulfonamides is 1. The topological polar surface area (TPSA) is 95.9 Å². The number of hydrogen-bond donors (Lipinski definition) is 2. The summed E-state index contributed by atoms with van der Waals surface area (Å²) < 4.78 is 32.7. The molecule has 1 atom stereocenters. The number of benzene rings is 1. The van der Waals surface area contributed by atoms with Gasteiger partial charge in [0.05, 0.1) is 11.5 Å². The zero-order valence-corrected chi connectivity index (χ0v) is 13.5. The highest BCUT2D eigenvalue weighted by molar-refractivity contribution is 7.89. The number of aliphatic hydroxyl groups excluding tert-OH is 1. The quantitative estimate of drug-likeness (QED) is 0.780. The second kappa shape index (κ2) is 6.56. The molecule has 7 nitrogen and oxygen atoms in total. The van der Waals surface area contributed by atoms with Crippen LogP contribution >= 0.6 is 0 Å². The van der Waals surface area contributed by atoms with Crippen molar-refractivity contribution in [1.82, 2.24) is 9.62 Å². The van der Waals surface area contributed by atoms with E-state index in [0.717, 1.165) is 11.1 Å². The molecule has 1 saturated heterocycles. The fraction of sp³-hybridized carbons (Fsp3) is 0.533. The van der Waals surface area contributed by atoms with E-state index >= 15 is 0 Å². The summed E-state index contributed by atoms with van der Waals surface area (Å²) >= 11 is 0. The first-order valence-electron chi connectivity index (χ1n) is 7.60. The number of fused-ring (bicyclic) bond motifs is 1. The van der Waals surface area contributed by atoms with Gasteiger partial charge in [-0.25, -0.2) is 13.1 Å². The van der Waals surface area contributed by atoms with Gasteiger partial charge < -0.3 is 14.7 Å².